The van der Waals surface area contributed by atoms with Crippen LogP contribution in [0.1, 0.15) is 31.2 Å². The maximum absolute atomic E-state index is 13.5. The molecule has 0 unspecified atom stereocenters. The predicted octanol–water partition coefficient (Wildman–Crippen LogP) is 3.46. The Balaban J connectivity index is 2.00. The van der Waals surface area contributed by atoms with Crippen LogP contribution in [-0.2, 0) is 30.8 Å². The lowest BCUT2D eigenvalue weighted by molar-refractivity contribution is -0.143. The third-order valence-corrected chi connectivity index (χ3v) is 8.64. The second kappa shape index (κ2) is 8.83. The van der Waals surface area contributed by atoms with Crippen molar-refractivity contribution in [3.63, 3.8) is 0 Å². The Bertz CT molecular complexity index is 1200. The standard InChI is InChI=1S/C20H20F3NO6S2/c21-20(22,23)17-11-10-16(31(27,28)15-4-2-1-3-5-15)12-18(17)32(29,30)24-14-8-6-13(7-9-14)19(25)26/h1-5,10-14,24H,6-9H2,(H,25,26). The average molecular weight is 492 g/mol. The van der Waals surface area contributed by atoms with Gasteiger partial charge in [-0.05, 0) is 56.0 Å². The minimum atomic E-state index is -5.04. The van der Waals surface area contributed by atoms with E-state index in [0.29, 0.717) is 12.1 Å². The van der Waals surface area contributed by atoms with E-state index >= 15 is 0 Å². The third kappa shape index (κ3) is 5.13. The zero-order valence-electron chi connectivity index (χ0n) is 16.5. The van der Waals surface area contributed by atoms with Crippen molar-refractivity contribution in [2.75, 3.05) is 0 Å². The number of benzene rings is 2. The molecule has 0 radical (unpaired) electrons. The van der Waals surface area contributed by atoms with Crippen molar-refractivity contribution in [1.82, 2.24) is 4.72 Å². The second-order valence-electron chi connectivity index (χ2n) is 7.48. The Kier molecular flexibility index (Phi) is 6.68. The van der Waals surface area contributed by atoms with E-state index in [4.69, 9.17) is 5.11 Å². The number of carboxylic acids is 1. The number of carbonyl (C=O) groups is 1. The first-order valence-corrected chi connectivity index (χ1v) is 12.6. The molecule has 174 valence electrons. The number of carboxylic acid groups (broad SMARTS) is 1. The van der Waals surface area contributed by atoms with E-state index in [-0.39, 0.29) is 30.6 Å². The molecule has 0 amide bonds. The van der Waals surface area contributed by atoms with Crippen molar-refractivity contribution < 1.29 is 39.9 Å². The molecule has 2 aromatic rings. The molecule has 0 bridgehead atoms. The number of halogens is 3. The lowest BCUT2D eigenvalue weighted by atomic mass is 9.87. The Morgan fingerprint density at radius 2 is 1.50 bits per heavy atom. The molecule has 0 aromatic heterocycles. The SMILES string of the molecule is O=C(O)C1CCC(NS(=O)(=O)c2cc(S(=O)(=O)c3ccccc3)ccc2C(F)(F)F)CC1. The number of sulfonamides is 1. The number of aliphatic carboxylic acids is 1. The highest BCUT2D eigenvalue weighted by atomic mass is 32.2. The van der Waals surface area contributed by atoms with Crippen molar-refractivity contribution in [1.29, 1.82) is 0 Å². The fourth-order valence-corrected chi connectivity index (χ4v) is 6.54. The van der Waals surface area contributed by atoms with Crippen LogP contribution in [0, 0.1) is 5.92 Å². The van der Waals surface area contributed by atoms with Crippen LogP contribution in [0.25, 0.3) is 0 Å². The minimum absolute atomic E-state index is 0.138. The fraction of sp³-hybridized carbons (Fsp3) is 0.350. The zero-order valence-corrected chi connectivity index (χ0v) is 18.2. The Morgan fingerprint density at radius 1 is 0.906 bits per heavy atom. The molecule has 0 atom stereocenters. The summed E-state index contributed by atoms with van der Waals surface area (Å²) >= 11 is 0. The first-order chi connectivity index (χ1) is 14.8. The molecule has 1 aliphatic carbocycles. The topological polar surface area (TPSA) is 118 Å². The first kappa shape index (κ1) is 24.2. The molecular weight excluding hydrogens is 471 g/mol. The van der Waals surface area contributed by atoms with E-state index in [1.807, 2.05) is 0 Å². The van der Waals surface area contributed by atoms with Gasteiger partial charge in [0.2, 0.25) is 19.9 Å². The molecular formula is C20H20F3NO6S2. The molecule has 0 spiro atoms. The summed E-state index contributed by atoms with van der Waals surface area (Å²) in [5, 5.41) is 9.04. The molecule has 2 aromatic carbocycles. The molecule has 1 saturated carbocycles. The molecule has 0 heterocycles. The Morgan fingerprint density at radius 3 is 2.03 bits per heavy atom. The minimum Gasteiger partial charge on any atom is -0.481 e. The molecule has 0 saturated heterocycles. The van der Waals surface area contributed by atoms with Gasteiger partial charge in [-0.1, -0.05) is 18.2 Å². The van der Waals surface area contributed by atoms with Crippen LogP contribution in [0.4, 0.5) is 13.2 Å². The molecule has 7 nitrogen and oxygen atoms in total. The summed E-state index contributed by atoms with van der Waals surface area (Å²) in [5.41, 5.74) is -1.49. The molecule has 2 N–H and O–H groups in total. The fourth-order valence-electron chi connectivity index (χ4n) is 3.60. The van der Waals surface area contributed by atoms with Crippen molar-refractivity contribution in [2.45, 2.75) is 52.6 Å². The lowest BCUT2D eigenvalue weighted by Crippen LogP contribution is -2.39. The van der Waals surface area contributed by atoms with Crippen LogP contribution >= 0.6 is 0 Å². The van der Waals surface area contributed by atoms with E-state index in [1.54, 1.807) is 6.07 Å². The summed E-state index contributed by atoms with van der Waals surface area (Å²) in [6, 6.07) is 7.84. The highest BCUT2D eigenvalue weighted by Gasteiger charge is 2.39. The Labute approximate surface area is 183 Å². The molecule has 0 aliphatic heterocycles. The maximum atomic E-state index is 13.5. The summed E-state index contributed by atoms with van der Waals surface area (Å²) in [6.07, 6.45) is -4.41. The van der Waals surface area contributed by atoms with Gasteiger partial charge in [0.25, 0.3) is 0 Å². The molecule has 1 fully saturated rings. The lowest BCUT2D eigenvalue weighted by Gasteiger charge is -2.27. The van der Waals surface area contributed by atoms with Gasteiger partial charge >= 0.3 is 12.1 Å². The molecule has 1 aliphatic rings. The molecule has 3 rings (SSSR count). The van der Waals surface area contributed by atoms with Gasteiger partial charge in [0.05, 0.1) is 26.2 Å². The third-order valence-electron chi connectivity index (χ3n) is 5.31. The van der Waals surface area contributed by atoms with Crippen molar-refractivity contribution >= 4 is 25.8 Å². The quantitative estimate of drug-likeness (QED) is 0.639. The van der Waals surface area contributed by atoms with Crippen LogP contribution < -0.4 is 4.72 Å². The summed E-state index contributed by atoms with van der Waals surface area (Å²) in [6.45, 7) is 0. The number of rotatable bonds is 6. The van der Waals surface area contributed by atoms with Gasteiger partial charge in [0.15, 0.2) is 0 Å². The van der Waals surface area contributed by atoms with E-state index < -0.39 is 59.3 Å². The van der Waals surface area contributed by atoms with E-state index in [1.165, 1.54) is 24.3 Å². The highest BCUT2D eigenvalue weighted by Crippen LogP contribution is 2.37. The van der Waals surface area contributed by atoms with Crippen LogP contribution in [-0.4, -0.2) is 34.0 Å². The van der Waals surface area contributed by atoms with Crippen LogP contribution in [0.15, 0.2) is 63.2 Å². The van der Waals surface area contributed by atoms with Gasteiger partial charge in [-0.3, -0.25) is 4.79 Å². The summed E-state index contributed by atoms with van der Waals surface area (Å²) < 4.78 is 94.2. The second-order valence-corrected chi connectivity index (χ2v) is 11.1. The summed E-state index contributed by atoms with van der Waals surface area (Å²) in [5.74, 6) is -1.65. The zero-order chi connectivity index (χ0) is 23.7. The summed E-state index contributed by atoms with van der Waals surface area (Å²) in [4.78, 5) is 9.08. The first-order valence-electron chi connectivity index (χ1n) is 9.59. The summed E-state index contributed by atoms with van der Waals surface area (Å²) in [7, 11) is -9.02. The monoisotopic (exact) mass is 491 g/mol. The van der Waals surface area contributed by atoms with Gasteiger partial charge < -0.3 is 5.11 Å². The Hall–Kier alpha value is -2.44. The van der Waals surface area contributed by atoms with E-state index in [2.05, 4.69) is 4.72 Å². The van der Waals surface area contributed by atoms with Crippen LogP contribution in [0.3, 0.4) is 0 Å². The van der Waals surface area contributed by atoms with Crippen molar-refractivity contribution in [3.8, 4) is 0 Å². The van der Waals surface area contributed by atoms with Crippen LogP contribution in [0.5, 0.6) is 0 Å². The van der Waals surface area contributed by atoms with E-state index in [9.17, 15) is 34.8 Å². The largest absolute Gasteiger partial charge is 0.481 e. The highest BCUT2D eigenvalue weighted by molar-refractivity contribution is 7.91. The maximum Gasteiger partial charge on any atom is 0.417 e. The number of alkyl halides is 3. The van der Waals surface area contributed by atoms with Crippen molar-refractivity contribution in [3.05, 3.63) is 54.1 Å². The van der Waals surface area contributed by atoms with Gasteiger partial charge in [-0.2, -0.15) is 13.2 Å². The molecule has 12 heteroatoms. The number of hydrogen-bond donors (Lipinski definition) is 2. The van der Waals surface area contributed by atoms with Crippen molar-refractivity contribution in [2.24, 2.45) is 5.92 Å². The van der Waals surface area contributed by atoms with Gasteiger partial charge in [-0.25, -0.2) is 21.6 Å². The van der Waals surface area contributed by atoms with Gasteiger partial charge in [0.1, 0.15) is 0 Å². The molecule has 32 heavy (non-hydrogen) atoms. The number of sulfone groups is 1. The van der Waals surface area contributed by atoms with Crippen LogP contribution in [0.2, 0.25) is 0 Å². The number of hydrogen-bond acceptors (Lipinski definition) is 5. The number of nitrogens with one attached hydrogen (secondary N) is 1. The van der Waals surface area contributed by atoms with E-state index in [0.717, 1.165) is 6.07 Å². The smallest absolute Gasteiger partial charge is 0.417 e. The average Bonchev–Trinajstić information content (AvgIpc) is 2.73. The van der Waals surface area contributed by atoms with Gasteiger partial charge in [0, 0.05) is 6.04 Å². The predicted molar refractivity (Wildman–Crippen MR) is 107 cm³/mol. The van der Waals surface area contributed by atoms with Gasteiger partial charge in [-0.15, -0.1) is 0 Å². The normalized spacial score (nSPS) is 20.1.